The summed E-state index contributed by atoms with van der Waals surface area (Å²) in [4.78, 5) is 17.3. The van der Waals surface area contributed by atoms with E-state index in [1.54, 1.807) is 0 Å². The Hall–Kier alpha value is -2.14. The fraction of sp³-hybridized carbons (Fsp3) is 0.545. The van der Waals surface area contributed by atoms with Gasteiger partial charge in [-0.15, -0.1) is 0 Å². The SMILES string of the molecule is CCN1CCN(c2nc(-c3ccccc3)cc(N3CCC(C)CC3)n2)CC1. The molecule has 2 aliphatic heterocycles. The lowest BCUT2D eigenvalue weighted by molar-refractivity contribution is 0.270. The van der Waals surface area contributed by atoms with Crippen LogP contribution in [-0.2, 0) is 0 Å². The van der Waals surface area contributed by atoms with Crippen molar-refractivity contribution in [3.8, 4) is 11.3 Å². The molecule has 0 amide bonds. The van der Waals surface area contributed by atoms with Crippen molar-refractivity contribution < 1.29 is 0 Å². The first-order chi connectivity index (χ1) is 13.2. The number of benzene rings is 1. The number of hydrogen-bond donors (Lipinski definition) is 0. The fourth-order valence-electron chi connectivity index (χ4n) is 3.98. The molecular formula is C22H31N5. The van der Waals surface area contributed by atoms with Gasteiger partial charge in [0, 0.05) is 50.9 Å². The van der Waals surface area contributed by atoms with E-state index in [0.29, 0.717) is 0 Å². The minimum absolute atomic E-state index is 0.818. The first-order valence-corrected chi connectivity index (χ1v) is 10.4. The van der Waals surface area contributed by atoms with E-state index in [2.05, 4.69) is 64.9 Å². The predicted octanol–water partition coefficient (Wildman–Crippen LogP) is 3.52. The number of hydrogen-bond acceptors (Lipinski definition) is 5. The van der Waals surface area contributed by atoms with Gasteiger partial charge in [0.1, 0.15) is 5.82 Å². The van der Waals surface area contributed by atoms with Crippen LogP contribution in [0.4, 0.5) is 11.8 Å². The Kier molecular flexibility index (Phi) is 5.58. The van der Waals surface area contributed by atoms with E-state index in [-0.39, 0.29) is 0 Å². The second-order valence-electron chi connectivity index (χ2n) is 7.87. The van der Waals surface area contributed by atoms with E-state index in [1.165, 1.54) is 18.4 Å². The summed E-state index contributed by atoms with van der Waals surface area (Å²) in [6.45, 7) is 12.1. The summed E-state index contributed by atoms with van der Waals surface area (Å²) in [6.07, 6.45) is 2.49. The van der Waals surface area contributed by atoms with Crippen molar-refractivity contribution in [3.63, 3.8) is 0 Å². The molecule has 0 N–H and O–H groups in total. The maximum Gasteiger partial charge on any atom is 0.227 e. The molecule has 2 saturated heterocycles. The molecule has 2 aromatic rings. The third kappa shape index (κ3) is 4.24. The van der Waals surface area contributed by atoms with Crippen molar-refractivity contribution in [3.05, 3.63) is 36.4 Å². The lowest BCUT2D eigenvalue weighted by Gasteiger charge is -2.35. The van der Waals surface area contributed by atoms with Gasteiger partial charge in [0.25, 0.3) is 0 Å². The van der Waals surface area contributed by atoms with E-state index < -0.39 is 0 Å². The van der Waals surface area contributed by atoms with E-state index in [9.17, 15) is 0 Å². The van der Waals surface area contributed by atoms with E-state index in [0.717, 1.165) is 69.2 Å². The molecule has 144 valence electrons. The van der Waals surface area contributed by atoms with Crippen LogP contribution >= 0.6 is 0 Å². The Labute approximate surface area is 163 Å². The Morgan fingerprint density at radius 1 is 0.889 bits per heavy atom. The van der Waals surface area contributed by atoms with Gasteiger partial charge in [-0.2, -0.15) is 4.98 Å². The first kappa shape index (κ1) is 18.2. The van der Waals surface area contributed by atoms with Gasteiger partial charge in [-0.1, -0.05) is 44.2 Å². The third-order valence-corrected chi connectivity index (χ3v) is 5.98. The maximum absolute atomic E-state index is 5.00. The molecule has 0 atom stereocenters. The number of aromatic nitrogens is 2. The zero-order valence-electron chi connectivity index (χ0n) is 16.6. The second kappa shape index (κ2) is 8.26. The van der Waals surface area contributed by atoms with Crippen LogP contribution in [-0.4, -0.2) is 60.7 Å². The van der Waals surface area contributed by atoms with Crippen LogP contribution in [0.3, 0.4) is 0 Å². The topological polar surface area (TPSA) is 35.5 Å². The highest BCUT2D eigenvalue weighted by Gasteiger charge is 2.22. The summed E-state index contributed by atoms with van der Waals surface area (Å²) >= 11 is 0. The summed E-state index contributed by atoms with van der Waals surface area (Å²) in [5.74, 6) is 2.79. The highest BCUT2D eigenvalue weighted by Crippen LogP contribution is 2.28. The molecule has 2 fully saturated rings. The van der Waals surface area contributed by atoms with Crippen molar-refractivity contribution in [2.45, 2.75) is 26.7 Å². The number of likely N-dealkylation sites (N-methyl/N-ethyl adjacent to an activating group) is 1. The monoisotopic (exact) mass is 365 g/mol. The summed E-state index contributed by atoms with van der Waals surface area (Å²) in [5.41, 5.74) is 2.20. The van der Waals surface area contributed by atoms with Gasteiger partial charge in [0.15, 0.2) is 0 Å². The zero-order chi connectivity index (χ0) is 18.6. The van der Waals surface area contributed by atoms with E-state index in [1.807, 2.05) is 0 Å². The van der Waals surface area contributed by atoms with Crippen LogP contribution in [0.25, 0.3) is 11.3 Å². The molecule has 0 saturated carbocycles. The molecule has 5 nitrogen and oxygen atoms in total. The van der Waals surface area contributed by atoms with Gasteiger partial charge in [-0.05, 0) is 25.3 Å². The quantitative estimate of drug-likeness (QED) is 0.828. The van der Waals surface area contributed by atoms with Crippen molar-refractivity contribution in [2.24, 2.45) is 5.92 Å². The van der Waals surface area contributed by atoms with Crippen molar-refractivity contribution >= 4 is 11.8 Å². The summed E-state index contributed by atoms with van der Waals surface area (Å²) in [7, 11) is 0. The lowest BCUT2D eigenvalue weighted by atomic mass is 9.99. The largest absolute Gasteiger partial charge is 0.356 e. The number of rotatable bonds is 4. The average molecular weight is 366 g/mol. The van der Waals surface area contributed by atoms with Gasteiger partial charge in [0.2, 0.25) is 5.95 Å². The molecule has 0 bridgehead atoms. The Bertz CT molecular complexity index is 732. The third-order valence-electron chi connectivity index (χ3n) is 5.98. The van der Waals surface area contributed by atoms with Gasteiger partial charge in [-0.3, -0.25) is 0 Å². The number of piperidine rings is 1. The highest BCUT2D eigenvalue weighted by molar-refractivity contribution is 5.65. The Balaban J connectivity index is 1.64. The minimum atomic E-state index is 0.818. The zero-order valence-corrected chi connectivity index (χ0v) is 16.6. The fourth-order valence-corrected chi connectivity index (χ4v) is 3.98. The van der Waals surface area contributed by atoms with Crippen LogP contribution in [0.5, 0.6) is 0 Å². The Morgan fingerprint density at radius 2 is 1.59 bits per heavy atom. The maximum atomic E-state index is 5.00. The van der Waals surface area contributed by atoms with E-state index in [4.69, 9.17) is 9.97 Å². The number of nitrogens with zero attached hydrogens (tertiary/aromatic N) is 5. The highest BCUT2D eigenvalue weighted by atomic mass is 15.3. The molecule has 5 heteroatoms. The van der Waals surface area contributed by atoms with Gasteiger partial charge < -0.3 is 14.7 Å². The van der Waals surface area contributed by atoms with E-state index >= 15 is 0 Å². The molecule has 1 aromatic heterocycles. The van der Waals surface area contributed by atoms with Crippen LogP contribution in [0.1, 0.15) is 26.7 Å². The smallest absolute Gasteiger partial charge is 0.227 e. The second-order valence-corrected chi connectivity index (χ2v) is 7.87. The molecule has 27 heavy (non-hydrogen) atoms. The molecule has 4 rings (SSSR count). The summed E-state index contributed by atoms with van der Waals surface area (Å²) in [6, 6.07) is 12.7. The molecule has 0 aliphatic carbocycles. The standard InChI is InChI=1S/C22H31N5/c1-3-25-13-15-27(16-14-25)22-23-20(19-7-5-4-6-8-19)17-21(24-22)26-11-9-18(2)10-12-26/h4-8,17-18H,3,9-16H2,1-2H3. The number of piperazine rings is 1. The van der Waals surface area contributed by atoms with Gasteiger partial charge in [-0.25, -0.2) is 4.98 Å². The Morgan fingerprint density at radius 3 is 2.26 bits per heavy atom. The summed E-state index contributed by atoms with van der Waals surface area (Å²) < 4.78 is 0. The van der Waals surface area contributed by atoms with Crippen molar-refractivity contribution in [1.82, 2.24) is 14.9 Å². The molecule has 2 aliphatic rings. The summed E-state index contributed by atoms with van der Waals surface area (Å²) in [5, 5.41) is 0. The van der Waals surface area contributed by atoms with Crippen molar-refractivity contribution in [2.75, 3.05) is 55.6 Å². The minimum Gasteiger partial charge on any atom is -0.356 e. The molecule has 3 heterocycles. The van der Waals surface area contributed by atoms with Gasteiger partial charge in [0.05, 0.1) is 5.69 Å². The van der Waals surface area contributed by atoms with Gasteiger partial charge >= 0.3 is 0 Å². The molecular weight excluding hydrogens is 334 g/mol. The predicted molar refractivity (Wildman–Crippen MR) is 112 cm³/mol. The normalized spacial score (nSPS) is 19.5. The molecule has 1 aromatic carbocycles. The average Bonchev–Trinajstić information content (AvgIpc) is 2.74. The van der Waals surface area contributed by atoms with Crippen LogP contribution in [0.15, 0.2) is 36.4 Å². The lowest BCUT2D eigenvalue weighted by Crippen LogP contribution is -2.47. The molecule has 0 spiro atoms. The van der Waals surface area contributed by atoms with Crippen molar-refractivity contribution in [1.29, 1.82) is 0 Å². The van der Waals surface area contributed by atoms with Crippen LogP contribution in [0.2, 0.25) is 0 Å². The van der Waals surface area contributed by atoms with Crippen LogP contribution in [0, 0.1) is 5.92 Å². The molecule has 0 radical (unpaired) electrons. The molecule has 0 unspecified atom stereocenters. The number of anilines is 2. The first-order valence-electron chi connectivity index (χ1n) is 10.4. The van der Waals surface area contributed by atoms with Crippen LogP contribution < -0.4 is 9.80 Å².